The minimum absolute atomic E-state index is 0. The fraction of sp³-hybridized carbons (Fsp3) is 0.417. The number of hydrogen-bond acceptors (Lipinski definition) is 3. The largest absolute Gasteiger partial charge is 0.330 e. The first-order chi connectivity index (χ1) is 7.74. The molecule has 5 N–H and O–H groups in total. The minimum atomic E-state index is -0.452. The number of unbranched alkanes of at least 4 members (excludes halogenated alkanes) is 1. The van der Waals surface area contributed by atoms with Crippen molar-refractivity contribution in [3.63, 3.8) is 0 Å². The summed E-state index contributed by atoms with van der Waals surface area (Å²) in [6.45, 7) is 0.646. The van der Waals surface area contributed by atoms with Crippen molar-refractivity contribution in [1.29, 1.82) is 0 Å². The lowest BCUT2D eigenvalue weighted by Gasteiger charge is -2.11. The van der Waals surface area contributed by atoms with Crippen LogP contribution >= 0.6 is 24.8 Å². The van der Waals surface area contributed by atoms with Crippen LogP contribution in [0.3, 0.4) is 0 Å². The summed E-state index contributed by atoms with van der Waals surface area (Å²) in [5, 5.41) is 2.77. The van der Waals surface area contributed by atoms with Gasteiger partial charge in [0.15, 0.2) is 0 Å². The molecule has 1 rings (SSSR count). The van der Waals surface area contributed by atoms with Crippen LogP contribution in [0.15, 0.2) is 30.3 Å². The van der Waals surface area contributed by atoms with E-state index in [2.05, 4.69) is 5.32 Å². The van der Waals surface area contributed by atoms with E-state index >= 15 is 0 Å². The number of hydrogen-bond donors (Lipinski definition) is 3. The van der Waals surface area contributed by atoms with E-state index in [0.29, 0.717) is 13.0 Å². The van der Waals surface area contributed by atoms with E-state index in [0.717, 1.165) is 18.5 Å². The van der Waals surface area contributed by atoms with Gasteiger partial charge in [0, 0.05) is 5.69 Å². The Bertz CT molecular complexity index is 322. The summed E-state index contributed by atoms with van der Waals surface area (Å²) < 4.78 is 0. The van der Waals surface area contributed by atoms with E-state index in [4.69, 9.17) is 11.5 Å². The maximum atomic E-state index is 11.6. The monoisotopic (exact) mass is 293 g/mol. The van der Waals surface area contributed by atoms with Crippen LogP contribution in [0.2, 0.25) is 0 Å². The third kappa shape index (κ3) is 7.50. The number of benzene rings is 1. The molecule has 0 aliphatic rings. The van der Waals surface area contributed by atoms with Crippen molar-refractivity contribution in [2.45, 2.75) is 25.3 Å². The van der Waals surface area contributed by atoms with E-state index in [1.807, 2.05) is 30.3 Å². The molecular weight excluding hydrogens is 273 g/mol. The van der Waals surface area contributed by atoms with Gasteiger partial charge in [0.1, 0.15) is 0 Å². The standard InChI is InChI=1S/C12H19N3O.2ClH/c13-9-5-4-8-11(14)12(16)15-10-6-2-1-3-7-10;;/h1-3,6-7,11H,4-5,8-9,13-14H2,(H,15,16);2*1H/t11-;;/m0../s1. The Labute approximate surface area is 120 Å². The van der Waals surface area contributed by atoms with Crippen molar-refractivity contribution < 1.29 is 4.79 Å². The Morgan fingerprint density at radius 3 is 2.33 bits per heavy atom. The quantitative estimate of drug-likeness (QED) is 0.701. The first-order valence-electron chi connectivity index (χ1n) is 5.55. The Kier molecular flexibility index (Phi) is 12.2. The highest BCUT2D eigenvalue weighted by atomic mass is 35.5. The summed E-state index contributed by atoms with van der Waals surface area (Å²) in [6.07, 6.45) is 2.47. The van der Waals surface area contributed by atoms with E-state index in [9.17, 15) is 4.79 Å². The van der Waals surface area contributed by atoms with Crippen molar-refractivity contribution in [3.05, 3.63) is 30.3 Å². The predicted octanol–water partition coefficient (Wildman–Crippen LogP) is 1.92. The first-order valence-corrected chi connectivity index (χ1v) is 5.55. The summed E-state index contributed by atoms with van der Waals surface area (Å²) in [5.74, 6) is -0.136. The van der Waals surface area contributed by atoms with E-state index in [1.54, 1.807) is 0 Å². The maximum absolute atomic E-state index is 11.6. The Morgan fingerprint density at radius 1 is 1.17 bits per heavy atom. The van der Waals surface area contributed by atoms with Gasteiger partial charge in [-0.1, -0.05) is 24.6 Å². The third-order valence-corrected chi connectivity index (χ3v) is 2.35. The summed E-state index contributed by atoms with van der Waals surface area (Å²) in [7, 11) is 0. The van der Waals surface area contributed by atoms with Gasteiger partial charge < -0.3 is 16.8 Å². The highest BCUT2D eigenvalue weighted by Crippen LogP contribution is 2.06. The van der Waals surface area contributed by atoms with Gasteiger partial charge in [-0.3, -0.25) is 4.79 Å². The minimum Gasteiger partial charge on any atom is -0.330 e. The molecule has 18 heavy (non-hydrogen) atoms. The summed E-state index contributed by atoms with van der Waals surface area (Å²) in [6, 6.07) is 8.86. The zero-order valence-corrected chi connectivity index (χ0v) is 11.8. The number of anilines is 1. The molecule has 0 bridgehead atoms. The molecule has 1 amide bonds. The molecule has 1 aromatic carbocycles. The summed E-state index contributed by atoms with van der Waals surface area (Å²) in [5.41, 5.74) is 11.9. The average molecular weight is 294 g/mol. The van der Waals surface area contributed by atoms with Crippen LogP contribution < -0.4 is 16.8 Å². The van der Waals surface area contributed by atoms with E-state index in [-0.39, 0.29) is 30.7 Å². The maximum Gasteiger partial charge on any atom is 0.241 e. The van der Waals surface area contributed by atoms with Gasteiger partial charge in [-0.15, -0.1) is 24.8 Å². The fourth-order valence-corrected chi connectivity index (χ4v) is 1.40. The van der Waals surface area contributed by atoms with Crippen molar-refractivity contribution >= 4 is 36.4 Å². The van der Waals surface area contributed by atoms with Crippen LogP contribution in [-0.2, 0) is 4.79 Å². The summed E-state index contributed by atoms with van der Waals surface area (Å²) in [4.78, 5) is 11.6. The van der Waals surface area contributed by atoms with Crippen LogP contribution in [0.5, 0.6) is 0 Å². The van der Waals surface area contributed by atoms with Crippen molar-refractivity contribution in [3.8, 4) is 0 Å². The molecule has 0 aliphatic heterocycles. The van der Waals surface area contributed by atoms with E-state index in [1.165, 1.54) is 0 Å². The Hall–Kier alpha value is -0.810. The second-order valence-corrected chi connectivity index (χ2v) is 3.75. The summed E-state index contributed by atoms with van der Waals surface area (Å²) >= 11 is 0. The van der Waals surface area contributed by atoms with Gasteiger partial charge in [0.25, 0.3) is 0 Å². The smallest absolute Gasteiger partial charge is 0.241 e. The number of para-hydroxylation sites is 1. The van der Waals surface area contributed by atoms with Crippen molar-refractivity contribution in [2.24, 2.45) is 11.5 Å². The molecule has 0 aromatic heterocycles. The van der Waals surface area contributed by atoms with Gasteiger partial charge >= 0.3 is 0 Å². The molecule has 0 spiro atoms. The topological polar surface area (TPSA) is 81.1 Å². The SMILES string of the molecule is Cl.Cl.NCCCC[C@H](N)C(=O)Nc1ccccc1. The van der Waals surface area contributed by atoms with Gasteiger partial charge in [-0.2, -0.15) is 0 Å². The second-order valence-electron chi connectivity index (χ2n) is 3.75. The molecular formula is C12H21Cl2N3O. The average Bonchev–Trinajstić information content (AvgIpc) is 2.30. The predicted molar refractivity (Wildman–Crippen MR) is 80.4 cm³/mol. The first kappa shape index (κ1) is 19.5. The molecule has 6 heteroatoms. The van der Waals surface area contributed by atoms with Crippen molar-refractivity contribution in [1.82, 2.24) is 0 Å². The highest BCUT2D eigenvalue weighted by Gasteiger charge is 2.12. The molecule has 0 heterocycles. The number of amides is 1. The van der Waals surface area contributed by atoms with Crippen LogP contribution in [0, 0.1) is 0 Å². The number of halogens is 2. The number of nitrogens with one attached hydrogen (secondary N) is 1. The zero-order valence-electron chi connectivity index (χ0n) is 10.2. The number of nitrogens with two attached hydrogens (primary N) is 2. The zero-order chi connectivity index (χ0) is 11.8. The molecule has 0 fully saturated rings. The van der Waals surface area contributed by atoms with Gasteiger partial charge in [0.05, 0.1) is 6.04 Å². The number of carbonyl (C=O) groups excluding carboxylic acids is 1. The molecule has 4 nitrogen and oxygen atoms in total. The fourth-order valence-electron chi connectivity index (χ4n) is 1.40. The molecule has 0 radical (unpaired) electrons. The second kappa shape index (κ2) is 11.3. The van der Waals surface area contributed by atoms with Crippen LogP contribution in [-0.4, -0.2) is 18.5 Å². The van der Waals surface area contributed by atoms with Gasteiger partial charge in [0.2, 0.25) is 5.91 Å². The van der Waals surface area contributed by atoms with Crippen molar-refractivity contribution in [2.75, 3.05) is 11.9 Å². The molecule has 1 aromatic rings. The molecule has 104 valence electrons. The molecule has 0 unspecified atom stereocenters. The molecule has 1 atom stereocenters. The van der Waals surface area contributed by atoms with Crippen LogP contribution in [0.4, 0.5) is 5.69 Å². The van der Waals surface area contributed by atoms with Gasteiger partial charge in [-0.05, 0) is 31.5 Å². The molecule has 0 saturated carbocycles. The highest BCUT2D eigenvalue weighted by molar-refractivity contribution is 5.94. The van der Waals surface area contributed by atoms with Gasteiger partial charge in [-0.25, -0.2) is 0 Å². The van der Waals surface area contributed by atoms with E-state index < -0.39 is 6.04 Å². The number of carbonyl (C=O) groups is 1. The molecule has 0 aliphatic carbocycles. The normalized spacial score (nSPS) is 10.8. The lowest BCUT2D eigenvalue weighted by atomic mass is 10.1. The number of rotatable bonds is 6. The molecule has 0 saturated heterocycles. The Morgan fingerprint density at radius 2 is 1.78 bits per heavy atom. The van der Waals surface area contributed by atoms with Crippen LogP contribution in [0.25, 0.3) is 0 Å². The lowest BCUT2D eigenvalue weighted by molar-refractivity contribution is -0.117. The third-order valence-electron chi connectivity index (χ3n) is 2.35. The Balaban J connectivity index is 0. The van der Waals surface area contributed by atoms with Crippen LogP contribution in [0.1, 0.15) is 19.3 Å². The lowest BCUT2D eigenvalue weighted by Crippen LogP contribution is -2.35.